The minimum absolute atomic E-state index is 0.103. The van der Waals surface area contributed by atoms with E-state index in [9.17, 15) is 43.2 Å². The van der Waals surface area contributed by atoms with Crippen molar-refractivity contribution in [3.05, 3.63) is 0 Å². The largest absolute Gasteiger partial charge is 0.472 e. The number of phosphoric ester groups is 2. The van der Waals surface area contributed by atoms with E-state index in [4.69, 9.17) is 37.0 Å². The molecule has 0 aromatic rings. The maximum Gasteiger partial charge on any atom is 0.472 e. The predicted molar refractivity (Wildman–Crippen MR) is 345 cm³/mol. The van der Waals surface area contributed by atoms with Crippen molar-refractivity contribution in [3.8, 4) is 0 Å². The van der Waals surface area contributed by atoms with Gasteiger partial charge in [-0.05, 0) is 31.6 Å². The van der Waals surface area contributed by atoms with Crippen molar-refractivity contribution < 1.29 is 80.2 Å². The molecule has 0 rings (SSSR count). The third-order valence-electron chi connectivity index (χ3n) is 15.5. The highest BCUT2D eigenvalue weighted by Crippen LogP contribution is 2.45. The molecule has 0 aromatic carbocycles. The van der Waals surface area contributed by atoms with Crippen LogP contribution in [-0.4, -0.2) is 96.7 Å². The van der Waals surface area contributed by atoms with Gasteiger partial charge in [0.1, 0.15) is 19.3 Å². The molecule has 5 atom stereocenters. The first-order valence-electron chi connectivity index (χ1n) is 35.1. The summed E-state index contributed by atoms with van der Waals surface area (Å²) in [6.45, 7) is 7.07. The first kappa shape index (κ1) is 84.1. The summed E-state index contributed by atoms with van der Waals surface area (Å²) in [5, 5.41) is 10.5. The molecule has 0 bridgehead atoms. The number of unbranched alkanes of at least 4 members (excludes halogenated alkanes) is 39. The quantitative estimate of drug-likeness (QED) is 0.0222. The molecule has 510 valence electrons. The van der Waals surface area contributed by atoms with E-state index in [1.807, 2.05) is 0 Å². The van der Waals surface area contributed by atoms with Gasteiger partial charge in [-0.3, -0.25) is 37.3 Å². The summed E-state index contributed by atoms with van der Waals surface area (Å²) in [6.07, 6.45) is 46.3. The molecule has 17 nitrogen and oxygen atoms in total. The Morgan fingerprint density at radius 3 is 0.791 bits per heavy atom. The highest BCUT2D eigenvalue weighted by atomic mass is 31.2. The lowest BCUT2D eigenvalue weighted by Crippen LogP contribution is -2.30. The Bertz CT molecular complexity index is 1670. The Hall–Kier alpha value is -1.94. The van der Waals surface area contributed by atoms with E-state index in [1.165, 1.54) is 161 Å². The second kappa shape index (κ2) is 60.6. The minimum Gasteiger partial charge on any atom is -0.462 e. The molecule has 86 heavy (non-hydrogen) atoms. The zero-order chi connectivity index (χ0) is 63.5. The van der Waals surface area contributed by atoms with Crippen LogP contribution >= 0.6 is 15.6 Å². The van der Waals surface area contributed by atoms with Crippen molar-refractivity contribution in [1.29, 1.82) is 0 Å². The molecular formula is C67H130O17P2. The Labute approximate surface area is 524 Å². The number of carbonyl (C=O) groups excluding carboxylic acids is 4. The number of carbonyl (C=O) groups is 4. The van der Waals surface area contributed by atoms with E-state index >= 15 is 0 Å². The van der Waals surface area contributed by atoms with Gasteiger partial charge in [0.25, 0.3) is 0 Å². The van der Waals surface area contributed by atoms with E-state index < -0.39 is 97.5 Å². The summed E-state index contributed by atoms with van der Waals surface area (Å²) < 4.78 is 67.9. The standard InChI is InChI=1S/C67H130O17P2/c1-6-9-12-15-17-19-21-23-25-26-27-29-31-33-37-42-47-52-66(71)84-63(57-78-65(70)51-46-41-36-32-30-28-24-22-20-18-16-13-10-7-2)59-82-86(75,76)80-55-61(68)54-79-85(73,74)81-58-62(56-77-64(69)50-45-39-14-11-8-3)83-67(72)53-48-43-38-34-35-40-44-49-60(4)5/h60-63,68H,6-59H2,1-5H3,(H,73,74)(H,75,76)/t61-,62+,63+/m0/s1. The van der Waals surface area contributed by atoms with Crippen LogP contribution in [0.25, 0.3) is 0 Å². The molecule has 3 N–H and O–H groups in total. The molecule has 0 saturated carbocycles. The third kappa shape index (κ3) is 60.9. The second-order valence-electron chi connectivity index (χ2n) is 24.7. The number of rotatable bonds is 67. The van der Waals surface area contributed by atoms with Crippen molar-refractivity contribution in [2.75, 3.05) is 39.6 Å². The molecule has 0 amide bonds. The molecule has 0 aliphatic rings. The van der Waals surface area contributed by atoms with Gasteiger partial charge in [-0.15, -0.1) is 0 Å². The normalized spacial score (nSPS) is 14.2. The number of aliphatic hydroxyl groups excluding tert-OH is 1. The lowest BCUT2D eigenvalue weighted by Gasteiger charge is -2.21. The summed E-state index contributed by atoms with van der Waals surface area (Å²) in [4.78, 5) is 72.1. The van der Waals surface area contributed by atoms with Crippen LogP contribution in [0.3, 0.4) is 0 Å². The number of aliphatic hydroxyl groups is 1. The number of ether oxygens (including phenoxy) is 4. The van der Waals surface area contributed by atoms with Crippen molar-refractivity contribution in [2.45, 2.75) is 361 Å². The van der Waals surface area contributed by atoms with Gasteiger partial charge in [-0.25, -0.2) is 9.13 Å². The maximum absolute atomic E-state index is 13.0. The topological polar surface area (TPSA) is 237 Å². The predicted octanol–water partition coefficient (Wildman–Crippen LogP) is 19.0. The fourth-order valence-corrected chi connectivity index (χ4v) is 11.7. The SMILES string of the molecule is CCCCCCCCCCCCCCCCCCCC(=O)O[C@H](COC(=O)CCCCCCCCCCCCCCCC)COP(=O)(O)OC[C@@H](O)COP(=O)(O)OC[C@@H](COC(=O)CCCCCCC)OC(=O)CCCCCCCCCC(C)C. The molecular weight excluding hydrogens is 1140 g/mol. The fraction of sp³-hybridized carbons (Fsp3) is 0.940. The number of phosphoric acid groups is 2. The summed E-state index contributed by atoms with van der Waals surface area (Å²) in [5.74, 6) is -1.44. The second-order valence-corrected chi connectivity index (χ2v) is 27.6. The van der Waals surface area contributed by atoms with Gasteiger partial charge in [0.05, 0.1) is 26.4 Å². The number of hydrogen-bond acceptors (Lipinski definition) is 15. The molecule has 0 fully saturated rings. The molecule has 0 saturated heterocycles. The van der Waals surface area contributed by atoms with Crippen LogP contribution in [0.1, 0.15) is 343 Å². The van der Waals surface area contributed by atoms with Crippen molar-refractivity contribution >= 4 is 39.5 Å². The van der Waals surface area contributed by atoms with E-state index in [0.29, 0.717) is 31.6 Å². The van der Waals surface area contributed by atoms with Gasteiger partial charge in [-0.2, -0.15) is 0 Å². The first-order valence-corrected chi connectivity index (χ1v) is 38.1. The lowest BCUT2D eigenvalue weighted by molar-refractivity contribution is -0.161. The highest BCUT2D eigenvalue weighted by Gasteiger charge is 2.30. The smallest absolute Gasteiger partial charge is 0.462 e. The highest BCUT2D eigenvalue weighted by molar-refractivity contribution is 7.47. The van der Waals surface area contributed by atoms with Crippen LogP contribution in [0.15, 0.2) is 0 Å². The fourth-order valence-electron chi connectivity index (χ4n) is 10.1. The average Bonchev–Trinajstić information content (AvgIpc) is 3.64. The number of hydrogen-bond donors (Lipinski definition) is 3. The molecule has 0 aliphatic carbocycles. The van der Waals surface area contributed by atoms with Gasteiger partial charge < -0.3 is 33.8 Å². The Morgan fingerprint density at radius 1 is 0.314 bits per heavy atom. The van der Waals surface area contributed by atoms with Gasteiger partial charge in [0.15, 0.2) is 12.2 Å². The van der Waals surface area contributed by atoms with Gasteiger partial charge in [0.2, 0.25) is 0 Å². The zero-order valence-corrected chi connectivity index (χ0v) is 57.2. The van der Waals surface area contributed by atoms with Crippen LogP contribution in [0.4, 0.5) is 0 Å². The van der Waals surface area contributed by atoms with Crippen LogP contribution in [-0.2, 0) is 65.4 Å². The molecule has 19 heteroatoms. The van der Waals surface area contributed by atoms with E-state index in [0.717, 1.165) is 96.3 Å². The van der Waals surface area contributed by atoms with Crippen LogP contribution < -0.4 is 0 Å². The summed E-state index contributed by atoms with van der Waals surface area (Å²) in [5.41, 5.74) is 0. The average molecular weight is 1270 g/mol. The Morgan fingerprint density at radius 2 is 0.535 bits per heavy atom. The van der Waals surface area contributed by atoms with E-state index in [2.05, 4.69) is 34.6 Å². The molecule has 0 aromatic heterocycles. The maximum atomic E-state index is 13.0. The van der Waals surface area contributed by atoms with Crippen molar-refractivity contribution in [3.63, 3.8) is 0 Å². The summed E-state index contributed by atoms with van der Waals surface area (Å²) in [6, 6.07) is 0. The Balaban J connectivity index is 5.16. The molecule has 0 heterocycles. The van der Waals surface area contributed by atoms with Gasteiger partial charge >= 0.3 is 39.5 Å². The van der Waals surface area contributed by atoms with Gasteiger partial charge in [0, 0.05) is 25.7 Å². The first-order chi connectivity index (χ1) is 41.5. The van der Waals surface area contributed by atoms with Crippen LogP contribution in [0.2, 0.25) is 0 Å². The van der Waals surface area contributed by atoms with Crippen molar-refractivity contribution in [1.82, 2.24) is 0 Å². The number of esters is 4. The molecule has 0 aliphatic heterocycles. The van der Waals surface area contributed by atoms with Crippen molar-refractivity contribution in [2.24, 2.45) is 5.92 Å². The van der Waals surface area contributed by atoms with E-state index in [1.54, 1.807) is 0 Å². The van der Waals surface area contributed by atoms with Gasteiger partial charge in [-0.1, -0.05) is 291 Å². The summed E-state index contributed by atoms with van der Waals surface area (Å²) in [7, 11) is -9.88. The Kier molecular flexibility index (Phi) is 59.2. The lowest BCUT2D eigenvalue weighted by atomic mass is 10.0. The zero-order valence-electron chi connectivity index (χ0n) is 55.4. The molecule has 0 radical (unpaired) electrons. The molecule has 0 spiro atoms. The van der Waals surface area contributed by atoms with E-state index in [-0.39, 0.29) is 25.7 Å². The minimum atomic E-state index is -4.95. The monoisotopic (exact) mass is 1270 g/mol. The van der Waals surface area contributed by atoms with Crippen LogP contribution in [0, 0.1) is 5.92 Å². The third-order valence-corrected chi connectivity index (χ3v) is 17.4. The summed E-state index contributed by atoms with van der Waals surface area (Å²) >= 11 is 0. The van der Waals surface area contributed by atoms with Crippen LogP contribution in [0.5, 0.6) is 0 Å². The molecule has 2 unspecified atom stereocenters.